The average molecular weight is 379 g/mol. The van der Waals surface area contributed by atoms with Crippen LogP contribution in [0.15, 0.2) is 23.0 Å². The van der Waals surface area contributed by atoms with Crippen molar-refractivity contribution in [3.63, 3.8) is 0 Å². The molecule has 2 heterocycles. The molecule has 2 unspecified atom stereocenters. The van der Waals surface area contributed by atoms with Crippen molar-refractivity contribution < 1.29 is 4.79 Å². The standard InChI is InChI=1S/C19H26N4O2.ClH/c1-12-11-20-9-8-15(12)21-18(24)13-6-7-17-16(10-13)22-19(25)23(17)14-4-2-3-5-14;/h6-7,10,12,14-15,20H,2-5,8-9,11H2,1H3,(H,21,24)(H,22,25);1H. The molecule has 6 nitrogen and oxygen atoms in total. The van der Waals surface area contributed by atoms with Crippen molar-refractivity contribution in [2.75, 3.05) is 13.1 Å². The van der Waals surface area contributed by atoms with Crippen molar-refractivity contribution in [2.24, 2.45) is 5.92 Å². The minimum absolute atomic E-state index is 0. The van der Waals surface area contributed by atoms with Crippen LogP contribution in [0.1, 0.15) is 55.4 Å². The van der Waals surface area contributed by atoms with Crippen molar-refractivity contribution in [3.8, 4) is 0 Å². The number of aromatic amines is 1. The first-order valence-electron chi connectivity index (χ1n) is 9.39. The average Bonchev–Trinajstić information content (AvgIpc) is 3.22. The van der Waals surface area contributed by atoms with Crippen molar-refractivity contribution >= 4 is 29.3 Å². The molecule has 142 valence electrons. The van der Waals surface area contributed by atoms with Gasteiger partial charge >= 0.3 is 5.69 Å². The first-order valence-corrected chi connectivity index (χ1v) is 9.39. The highest BCUT2D eigenvalue weighted by Gasteiger charge is 2.24. The Hall–Kier alpha value is -1.79. The van der Waals surface area contributed by atoms with Gasteiger partial charge in [-0.3, -0.25) is 9.36 Å². The van der Waals surface area contributed by atoms with Gasteiger partial charge in [-0.05, 0) is 56.5 Å². The summed E-state index contributed by atoms with van der Waals surface area (Å²) in [5.74, 6) is 0.361. The second kappa shape index (κ2) is 7.84. The van der Waals surface area contributed by atoms with E-state index in [-0.39, 0.29) is 36.1 Å². The summed E-state index contributed by atoms with van der Waals surface area (Å²) in [6.45, 7) is 4.02. The van der Waals surface area contributed by atoms with Gasteiger partial charge in [0.25, 0.3) is 5.91 Å². The fourth-order valence-electron chi connectivity index (χ4n) is 4.28. The molecule has 2 aliphatic rings. The van der Waals surface area contributed by atoms with Crippen LogP contribution in [-0.4, -0.2) is 34.6 Å². The normalized spacial score (nSPS) is 23.7. The van der Waals surface area contributed by atoms with E-state index >= 15 is 0 Å². The molecule has 1 saturated carbocycles. The van der Waals surface area contributed by atoms with Crippen molar-refractivity contribution in [3.05, 3.63) is 34.2 Å². The maximum atomic E-state index is 12.6. The van der Waals surface area contributed by atoms with E-state index in [1.807, 2.05) is 22.8 Å². The van der Waals surface area contributed by atoms with Crippen LogP contribution in [0.25, 0.3) is 11.0 Å². The molecule has 0 spiro atoms. The summed E-state index contributed by atoms with van der Waals surface area (Å²) in [4.78, 5) is 27.9. The minimum Gasteiger partial charge on any atom is -0.349 e. The lowest BCUT2D eigenvalue weighted by Gasteiger charge is -2.30. The molecule has 7 heteroatoms. The van der Waals surface area contributed by atoms with Gasteiger partial charge in [0.15, 0.2) is 0 Å². The molecule has 26 heavy (non-hydrogen) atoms. The quantitative estimate of drug-likeness (QED) is 0.768. The van der Waals surface area contributed by atoms with E-state index in [1.54, 1.807) is 0 Å². The molecule has 1 aliphatic carbocycles. The number of nitrogens with one attached hydrogen (secondary N) is 3. The second-order valence-corrected chi connectivity index (χ2v) is 7.52. The van der Waals surface area contributed by atoms with Crippen LogP contribution < -0.4 is 16.3 Å². The van der Waals surface area contributed by atoms with Crippen LogP contribution in [0.3, 0.4) is 0 Å². The molecule has 3 N–H and O–H groups in total. The second-order valence-electron chi connectivity index (χ2n) is 7.52. The molecule has 0 bridgehead atoms. The largest absolute Gasteiger partial charge is 0.349 e. The number of rotatable bonds is 3. The fourth-order valence-corrected chi connectivity index (χ4v) is 4.28. The number of hydrogen-bond donors (Lipinski definition) is 3. The summed E-state index contributed by atoms with van der Waals surface area (Å²) >= 11 is 0. The molecule has 0 radical (unpaired) electrons. The zero-order chi connectivity index (χ0) is 17.4. The van der Waals surface area contributed by atoms with Crippen LogP contribution in [-0.2, 0) is 0 Å². The lowest BCUT2D eigenvalue weighted by molar-refractivity contribution is 0.0914. The zero-order valence-electron chi connectivity index (χ0n) is 15.1. The number of amides is 1. The van der Waals surface area contributed by atoms with E-state index in [0.717, 1.165) is 43.4 Å². The zero-order valence-corrected chi connectivity index (χ0v) is 15.9. The molecule has 1 aromatic carbocycles. The first kappa shape index (κ1) is 19.0. The molecule has 2 atom stereocenters. The maximum Gasteiger partial charge on any atom is 0.326 e. The number of benzene rings is 1. The highest BCUT2D eigenvalue weighted by molar-refractivity contribution is 5.97. The van der Waals surface area contributed by atoms with Gasteiger partial charge in [0.2, 0.25) is 0 Å². The fraction of sp³-hybridized carbons (Fsp3) is 0.579. The Bertz CT molecular complexity index is 838. The van der Waals surface area contributed by atoms with Gasteiger partial charge in [0, 0.05) is 17.6 Å². The number of carbonyl (C=O) groups excluding carboxylic acids is 1. The van der Waals surface area contributed by atoms with Gasteiger partial charge in [0.1, 0.15) is 0 Å². The Morgan fingerprint density at radius 2 is 2.00 bits per heavy atom. The lowest BCUT2D eigenvalue weighted by Crippen LogP contribution is -2.48. The predicted molar refractivity (Wildman–Crippen MR) is 105 cm³/mol. The SMILES string of the molecule is CC1CNCCC1NC(=O)c1ccc2c(c1)[nH]c(=O)n2C1CCCC1.Cl. The van der Waals surface area contributed by atoms with E-state index in [1.165, 1.54) is 12.8 Å². The highest BCUT2D eigenvalue weighted by Crippen LogP contribution is 2.30. The number of halogens is 1. The summed E-state index contributed by atoms with van der Waals surface area (Å²) in [5, 5.41) is 6.49. The number of fused-ring (bicyclic) bond motifs is 1. The first-order chi connectivity index (χ1) is 12.1. The van der Waals surface area contributed by atoms with Crippen LogP contribution in [0.4, 0.5) is 0 Å². The Balaban J connectivity index is 0.00000196. The molecule has 4 rings (SSSR count). The summed E-state index contributed by atoms with van der Waals surface area (Å²) < 4.78 is 1.87. The van der Waals surface area contributed by atoms with Crippen molar-refractivity contribution in [1.29, 1.82) is 0 Å². The molecular formula is C19H27ClN4O2. The molecule has 2 aromatic rings. The number of imidazole rings is 1. The molecule has 1 aliphatic heterocycles. The highest BCUT2D eigenvalue weighted by atomic mass is 35.5. The number of piperidine rings is 1. The van der Waals surface area contributed by atoms with Gasteiger partial charge in [-0.25, -0.2) is 4.79 Å². The Morgan fingerprint density at radius 1 is 1.23 bits per heavy atom. The number of aromatic nitrogens is 2. The molecule has 1 amide bonds. The van der Waals surface area contributed by atoms with Crippen molar-refractivity contribution in [1.82, 2.24) is 20.2 Å². The van der Waals surface area contributed by atoms with Crippen molar-refractivity contribution in [2.45, 2.75) is 51.1 Å². The molecule has 2 fully saturated rings. The van der Waals surface area contributed by atoms with E-state index in [9.17, 15) is 9.59 Å². The number of carbonyl (C=O) groups is 1. The number of nitrogens with zero attached hydrogens (tertiary/aromatic N) is 1. The Kier molecular flexibility index (Phi) is 5.73. The van der Waals surface area contributed by atoms with E-state index in [2.05, 4.69) is 22.5 Å². The summed E-state index contributed by atoms with van der Waals surface area (Å²) in [6, 6.07) is 6.04. The van der Waals surface area contributed by atoms with Crippen LogP contribution in [0, 0.1) is 5.92 Å². The monoisotopic (exact) mass is 378 g/mol. The van der Waals surface area contributed by atoms with E-state index in [4.69, 9.17) is 0 Å². The van der Waals surface area contributed by atoms with Gasteiger partial charge in [-0.2, -0.15) is 0 Å². The third-order valence-corrected chi connectivity index (χ3v) is 5.77. The van der Waals surface area contributed by atoms with E-state index in [0.29, 0.717) is 11.5 Å². The summed E-state index contributed by atoms with van der Waals surface area (Å²) in [7, 11) is 0. The smallest absolute Gasteiger partial charge is 0.326 e. The molecule has 1 aromatic heterocycles. The lowest BCUT2D eigenvalue weighted by atomic mass is 9.95. The van der Waals surface area contributed by atoms with Gasteiger partial charge in [0.05, 0.1) is 11.0 Å². The topological polar surface area (TPSA) is 78.9 Å². The van der Waals surface area contributed by atoms with Crippen LogP contribution in [0.2, 0.25) is 0 Å². The van der Waals surface area contributed by atoms with Crippen LogP contribution >= 0.6 is 12.4 Å². The Morgan fingerprint density at radius 3 is 2.73 bits per heavy atom. The Labute approximate surface area is 159 Å². The molecular weight excluding hydrogens is 352 g/mol. The minimum atomic E-state index is -0.0635. The van der Waals surface area contributed by atoms with E-state index < -0.39 is 0 Å². The maximum absolute atomic E-state index is 12.6. The molecule has 1 saturated heterocycles. The van der Waals surface area contributed by atoms with Gasteiger partial charge < -0.3 is 15.6 Å². The predicted octanol–water partition coefficient (Wildman–Crippen LogP) is 2.59. The number of H-pyrrole nitrogens is 1. The number of hydrogen-bond acceptors (Lipinski definition) is 3. The summed E-state index contributed by atoms with van der Waals surface area (Å²) in [5.41, 5.74) is 2.20. The van der Waals surface area contributed by atoms with Gasteiger partial charge in [-0.1, -0.05) is 19.8 Å². The summed E-state index contributed by atoms with van der Waals surface area (Å²) in [6.07, 6.45) is 5.42. The van der Waals surface area contributed by atoms with Gasteiger partial charge in [-0.15, -0.1) is 12.4 Å². The third-order valence-electron chi connectivity index (χ3n) is 5.77. The third kappa shape index (κ3) is 3.53. The van der Waals surface area contributed by atoms with Crippen LogP contribution in [0.5, 0.6) is 0 Å².